The van der Waals surface area contributed by atoms with Crippen LogP contribution in [0, 0.1) is 18.6 Å². The van der Waals surface area contributed by atoms with Crippen LogP contribution >= 0.6 is 0 Å². The van der Waals surface area contributed by atoms with Crippen molar-refractivity contribution in [3.8, 4) is 11.8 Å². The lowest BCUT2D eigenvalue weighted by atomic mass is 10.3. The van der Waals surface area contributed by atoms with Crippen LogP contribution < -0.4 is 4.74 Å². The molecule has 9 heteroatoms. The highest BCUT2D eigenvalue weighted by Gasteiger charge is 2.30. The second kappa shape index (κ2) is 5.06. The molecule has 0 aliphatic heterocycles. The summed E-state index contributed by atoms with van der Waals surface area (Å²) < 4.78 is 68.3. The van der Waals surface area contributed by atoms with Crippen LogP contribution in [-0.4, -0.2) is 20.9 Å². The monoisotopic (exact) mass is 293 g/mol. The van der Waals surface area contributed by atoms with Gasteiger partial charge in [0, 0.05) is 18.2 Å². The molecule has 4 nitrogen and oxygen atoms in total. The maximum atomic E-state index is 13.0. The van der Waals surface area contributed by atoms with Gasteiger partial charge in [0.05, 0.1) is 0 Å². The Kier molecular flexibility index (Phi) is 3.60. The van der Waals surface area contributed by atoms with E-state index in [1.807, 2.05) is 0 Å². The fourth-order valence-corrected chi connectivity index (χ4v) is 1.48. The zero-order valence-corrected chi connectivity index (χ0v) is 10.1. The zero-order valence-electron chi connectivity index (χ0n) is 10.1. The van der Waals surface area contributed by atoms with Crippen LogP contribution in [0.1, 0.15) is 5.82 Å². The van der Waals surface area contributed by atoms with Gasteiger partial charge in [-0.25, -0.2) is 13.5 Å². The van der Waals surface area contributed by atoms with E-state index < -0.39 is 30.4 Å². The fourth-order valence-electron chi connectivity index (χ4n) is 1.48. The first-order valence-electron chi connectivity index (χ1n) is 5.35. The zero-order chi connectivity index (χ0) is 14.9. The molecular weight excluding hydrogens is 285 g/mol. The largest absolute Gasteiger partial charge is 0.424 e. The quantitative estimate of drug-likeness (QED) is 0.816. The third-order valence-corrected chi connectivity index (χ3v) is 2.12. The molecule has 1 aromatic heterocycles. The van der Waals surface area contributed by atoms with E-state index in [1.165, 1.54) is 6.92 Å². The Morgan fingerprint density at radius 2 is 1.75 bits per heavy atom. The topological polar surface area (TPSA) is 39.9 Å². The Morgan fingerprint density at radius 3 is 2.30 bits per heavy atom. The average molecular weight is 293 g/mol. The molecule has 0 aliphatic rings. The van der Waals surface area contributed by atoms with Crippen molar-refractivity contribution >= 4 is 0 Å². The molecule has 2 aromatic rings. The summed E-state index contributed by atoms with van der Waals surface area (Å²) in [6.07, 6.45) is -4.52. The van der Waals surface area contributed by atoms with E-state index in [9.17, 15) is 22.0 Å². The predicted molar refractivity (Wildman–Crippen MR) is 57.2 cm³/mol. The second-order valence-electron chi connectivity index (χ2n) is 3.92. The second-order valence-corrected chi connectivity index (χ2v) is 3.92. The Hall–Kier alpha value is -2.19. The summed E-state index contributed by atoms with van der Waals surface area (Å²) in [5.74, 6) is -2.10. The van der Waals surface area contributed by atoms with Gasteiger partial charge in [0.15, 0.2) is 5.82 Å². The van der Waals surface area contributed by atoms with Gasteiger partial charge in [-0.3, -0.25) is 0 Å². The van der Waals surface area contributed by atoms with Crippen molar-refractivity contribution in [2.45, 2.75) is 19.6 Å². The van der Waals surface area contributed by atoms with Gasteiger partial charge in [0.1, 0.15) is 23.9 Å². The number of benzene rings is 1. The molecule has 108 valence electrons. The van der Waals surface area contributed by atoms with E-state index >= 15 is 0 Å². The van der Waals surface area contributed by atoms with Gasteiger partial charge < -0.3 is 4.74 Å². The number of alkyl halides is 3. The summed E-state index contributed by atoms with van der Waals surface area (Å²) in [5.41, 5.74) is 0. The molecule has 1 aromatic carbocycles. The number of hydrogen-bond acceptors (Lipinski definition) is 3. The molecule has 1 heterocycles. The van der Waals surface area contributed by atoms with Crippen molar-refractivity contribution in [3.05, 3.63) is 35.7 Å². The number of rotatable bonds is 3. The van der Waals surface area contributed by atoms with E-state index in [1.54, 1.807) is 0 Å². The molecule has 20 heavy (non-hydrogen) atoms. The number of nitrogens with zero attached hydrogens (tertiary/aromatic N) is 3. The van der Waals surface area contributed by atoms with Gasteiger partial charge in [-0.05, 0) is 6.92 Å². The number of aryl methyl sites for hydroxylation is 1. The highest BCUT2D eigenvalue weighted by Crippen LogP contribution is 2.25. The van der Waals surface area contributed by atoms with Crippen LogP contribution in [0.15, 0.2) is 18.2 Å². The first kappa shape index (κ1) is 14.2. The van der Waals surface area contributed by atoms with Gasteiger partial charge in [-0.15, -0.1) is 0 Å². The fraction of sp³-hybridized carbons (Fsp3) is 0.273. The summed E-state index contributed by atoms with van der Waals surface area (Å²) >= 11 is 0. The maximum Gasteiger partial charge on any atom is 0.408 e. The van der Waals surface area contributed by atoms with Gasteiger partial charge in [-0.2, -0.15) is 23.3 Å². The molecule has 0 aliphatic carbocycles. The Bertz CT molecular complexity index is 603. The van der Waals surface area contributed by atoms with E-state index in [4.69, 9.17) is 4.74 Å². The lowest BCUT2D eigenvalue weighted by Gasteiger charge is -2.09. The molecule has 0 amide bonds. The van der Waals surface area contributed by atoms with E-state index in [2.05, 4.69) is 10.1 Å². The van der Waals surface area contributed by atoms with Gasteiger partial charge in [0.25, 0.3) is 0 Å². The van der Waals surface area contributed by atoms with E-state index in [-0.39, 0.29) is 11.6 Å². The molecule has 0 N–H and O–H groups in total. The van der Waals surface area contributed by atoms with Crippen molar-refractivity contribution < 1.29 is 26.7 Å². The molecule has 0 saturated carbocycles. The van der Waals surface area contributed by atoms with Gasteiger partial charge >= 0.3 is 12.2 Å². The molecule has 0 unspecified atom stereocenters. The Balaban J connectivity index is 2.29. The number of halogens is 5. The lowest BCUT2D eigenvalue weighted by Crippen LogP contribution is -2.19. The van der Waals surface area contributed by atoms with E-state index in [0.29, 0.717) is 10.7 Å². The summed E-state index contributed by atoms with van der Waals surface area (Å²) in [7, 11) is 0. The minimum atomic E-state index is -4.52. The SMILES string of the molecule is Cc1nc(Oc2cc(F)cc(F)c2)n(CC(F)(F)F)n1. The highest BCUT2D eigenvalue weighted by atomic mass is 19.4. The van der Waals surface area contributed by atoms with Gasteiger partial charge in [0.2, 0.25) is 0 Å². The number of ether oxygens (including phenoxy) is 1. The average Bonchev–Trinajstić information content (AvgIpc) is 2.54. The van der Waals surface area contributed by atoms with E-state index in [0.717, 1.165) is 12.1 Å². The third kappa shape index (κ3) is 3.65. The Morgan fingerprint density at radius 1 is 1.15 bits per heavy atom. The molecule has 0 saturated heterocycles. The minimum Gasteiger partial charge on any atom is -0.424 e. The van der Waals surface area contributed by atoms with Crippen LogP contribution in [0.25, 0.3) is 0 Å². The van der Waals surface area contributed by atoms with Crippen molar-refractivity contribution in [1.82, 2.24) is 14.8 Å². The first-order chi connectivity index (χ1) is 9.23. The number of hydrogen-bond donors (Lipinski definition) is 0. The highest BCUT2D eigenvalue weighted by molar-refractivity contribution is 5.26. The van der Waals surface area contributed by atoms with Crippen molar-refractivity contribution in [1.29, 1.82) is 0 Å². The molecule has 0 radical (unpaired) electrons. The minimum absolute atomic E-state index is 0.0427. The normalized spacial score (nSPS) is 11.7. The van der Waals surface area contributed by atoms with Crippen LogP contribution in [0.4, 0.5) is 22.0 Å². The summed E-state index contributed by atoms with van der Waals surface area (Å²) in [4.78, 5) is 3.63. The van der Waals surface area contributed by atoms with Crippen molar-refractivity contribution in [2.24, 2.45) is 0 Å². The summed E-state index contributed by atoms with van der Waals surface area (Å²) in [6.45, 7) is -0.0487. The number of aromatic nitrogens is 3. The van der Waals surface area contributed by atoms with Crippen LogP contribution in [-0.2, 0) is 6.54 Å². The maximum absolute atomic E-state index is 13.0. The lowest BCUT2D eigenvalue weighted by molar-refractivity contribution is -0.143. The Labute approximate surface area is 109 Å². The third-order valence-electron chi connectivity index (χ3n) is 2.12. The van der Waals surface area contributed by atoms with Gasteiger partial charge in [-0.1, -0.05) is 0 Å². The smallest absolute Gasteiger partial charge is 0.408 e. The van der Waals surface area contributed by atoms with Crippen LogP contribution in [0.5, 0.6) is 11.8 Å². The standard InChI is InChI=1S/C11H8F5N3O/c1-6-17-10(19(18-6)5-11(14,15)16)20-9-3-7(12)2-8(13)4-9/h2-4H,5H2,1H3. The van der Waals surface area contributed by atoms with Crippen LogP contribution in [0.2, 0.25) is 0 Å². The molecule has 0 spiro atoms. The van der Waals surface area contributed by atoms with Crippen molar-refractivity contribution in [2.75, 3.05) is 0 Å². The molecule has 0 atom stereocenters. The molecule has 0 bridgehead atoms. The summed E-state index contributed by atoms with van der Waals surface area (Å²) in [5, 5.41) is 3.51. The van der Waals surface area contributed by atoms with Crippen LogP contribution in [0.3, 0.4) is 0 Å². The molecule has 2 rings (SSSR count). The van der Waals surface area contributed by atoms with Crippen molar-refractivity contribution in [3.63, 3.8) is 0 Å². The molecular formula is C11H8F5N3O. The summed E-state index contributed by atoms with van der Waals surface area (Å²) in [6, 6.07) is 1.76. The first-order valence-corrected chi connectivity index (χ1v) is 5.35. The molecule has 0 fully saturated rings. The predicted octanol–water partition coefficient (Wildman–Crippen LogP) is 3.22.